The van der Waals surface area contributed by atoms with Crippen molar-refractivity contribution in [3.8, 4) is 11.5 Å². The number of benzene rings is 1. The molecule has 1 aromatic rings. The lowest BCUT2D eigenvalue weighted by molar-refractivity contribution is -0.0493. The van der Waals surface area contributed by atoms with E-state index in [4.69, 9.17) is 4.74 Å². The Labute approximate surface area is 120 Å². The summed E-state index contributed by atoms with van der Waals surface area (Å²) in [6.45, 7) is 3.23. The van der Waals surface area contributed by atoms with Crippen molar-refractivity contribution in [2.24, 2.45) is 0 Å². The Kier molecular flexibility index (Phi) is 2.89. The van der Waals surface area contributed by atoms with Gasteiger partial charge in [0.05, 0.1) is 17.8 Å². The summed E-state index contributed by atoms with van der Waals surface area (Å²) in [4.78, 5) is 25.1. The van der Waals surface area contributed by atoms with Crippen molar-refractivity contribution in [3.63, 3.8) is 0 Å². The standard InChI is InChI=1S/C15H14O6/c1-5-10-12(13(18)6(2)21-5)14(19)8-3-7(16)4-9(17)11(8)15(10)20/h3-6,13,16-18H,1-2H3. The van der Waals surface area contributed by atoms with Gasteiger partial charge in [-0.3, -0.25) is 9.59 Å². The molecule has 1 heterocycles. The summed E-state index contributed by atoms with van der Waals surface area (Å²) in [6.07, 6.45) is -2.50. The zero-order chi connectivity index (χ0) is 15.5. The third-order valence-corrected chi connectivity index (χ3v) is 3.92. The van der Waals surface area contributed by atoms with Crippen LogP contribution in [0.2, 0.25) is 0 Å². The van der Waals surface area contributed by atoms with E-state index in [-0.39, 0.29) is 28.0 Å². The highest BCUT2D eigenvalue weighted by Gasteiger charge is 2.44. The van der Waals surface area contributed by atoms with Gasteiger partial charge in [-0.1, -0.05) is 0 Å². The zero-order valence-corrected chi connectivity index (χ0v) is 11.5. The number of phenolic OH excluding ortho intramolecular Hbond substituents is 2. The van der Waals surface area contributed by atoms with Gasteiger partial charge in [-0.15, -0.1) is 0 Å². The molecule has 0 spiro atoms. The van der Waals surface area contributed by atoms with E-state index in [1.54, 1.807) is 13.8 Å². The van der Waals surface area contributed by atoms with E-state index in [1.807, 2.05) is 0 Å². The predicted octanol–water partition coefficient (Wildman–Crippen LogP) is 0.941. The maximum absolute atomic E-state index is 12.6. The van der Waals surface area contributed by atoms with Gasteiger partial charge in [-0.2, -0.15) is 0 Å². The van der Waals surface area contributed by atoms with Crippen LogP contribution in [0.15, 0.2) is 23.3 Å². The minimum absolute atomic E-state index is 0.0104. The molecule has 0 fully saturated rings. The van der Waals surface area contributed by atoms with Gasteiger partial charge in [-0.25, -0.2) is 0 Å². The Morgan fingerprint density at radius 3 is 2.38 bits per heavy atom. The predicted molar refractivity (Wildman–Crippen MR) is 71.5 cm³/mol. The lowest BCUT2D eigenvalue weighted by Crippen LogP contribution is -2.45. The number of ether oxygens (including phenoxy) is 1. The van der Waals surface area contributed by atoms with Gasteiger partial charge in [0, 0.05) is 22.8 Å². The summed E-state index contributed by atoms with van der Waals surface area (Å²) in [5, 5.41) is 29.5. The number of carbonyl (C=O) groups excluding carboxylic acids is 2. The number of phenols is 2. The normalized spacial score (nSPS) is 28.4. The van der Waals surface area contributed by atoms with Crippen molar-refractivity contribution < 1.29 is 29.6 Å². The van der Waals surface area contributed by atoms with Gasteiger partial charge >= 0.3 is 0 Å². The van der Waals surface area contributed by atoms with Crippen LogP contribution in [-0.2, 0) is 4.74 Å². The van der Waals surface area contributed by atoms with Crippen LogP contribution in [0.5, 0.6) is 11.5 Å². The average Bonchev–Trinajstić information content (AvgIpc) is 2.39. The highest BCUT2D eigenvalue weighted by Crippen LogP contribution is 2.40. The SMILES string of the molecule is CC1OC(C)C(O)C2=C1C(=O)c1c(O)cc(O)cc1C2=O. The number of hydrogen-bond acceptors (Lipinski definition) is 6. The van der Waals surface area contributed by atoms with E-state index < -0.39 is 35.6 Å². The molecule has 0 bridgehead atoms. The molecule has 6 nitrogen and oxygen atoms in total. The third-order valence-electron chi connectivity index (χ3n) is 3.92. The number of carbonyl (C=O) groups is 2. The molecule has 0 amide bonds. The molecule has 2 aliphatic rings. The number of aliphatic hydroxyl groups excluding tert-OH is 1. The molecule has 0 aromatic heterocycles. The summed E-state index contributed by atoms with van der Waals surface area (Å²) in [5.74, 6) is -1.91. The van der Waals surface area contributed by atoms with E-state index >= 15 is 0 Å². The van der Waals surface area contributed by atoms with Gasteiger partial charge < -0.3 is 20.1 Å². The fraction of sp³-hybridized carbons (Fsp3) is 0.333. The molecule has 110 valence electrons. The minimum atomic E-state index is -1.22. The van der Waals surface area contributed by atoms with Crippen LogP contribution < -0.4 is 0 Å². The molecule has 3 atom stereocenters. The summed E-state index contributed by atoms with van der Waals surface area (Å²) >= 11 is 0. The monoisotopic (exact) mass is 290 g/mol. The van der Waals surface area contributed by atoms with Crippen molar-refractivity contribution in [1.82, 2.24) is 0 Å². The minimum Gasteiger partial charge on any atom is -0.508 e. The fourth-order valence-corrected chi connectivity index (χ4v) is 2.95. The van der Waals surface area contributed by atoms with Crippen molar-refractivity contribution in [1.29, 1.82) is 0 Å². The first kappa shape index (κ1) is 13.8. The molecule has 3 unspecified atom stereocenters. The smallest absolute Gasteiger partial charge is 0.196 e. The van der Waals surface area contributed by atoms with Crippen LogP contribution in [0.4, 0.5) is 0 Å². The molecule has 1 aliphatic heterocycles. The maximum Gasteiger partial charge on any atom is 0.196 e. The molecule has 1 aliphatic carbocycles. The molecule has 3 N–H and O–H groups in total. The highest BCUT2D eigenvalue weighted by molar-refractivity contribution is 6.28. The first-order valence-corrected chi connectivity index (χ1v) is 6.56. The van der Waals surface area contributed by atoms with Crippen molar-refractivity contribution in [2.75, 3.05) is 0 Å². The summed E-state index contributed by atoms with van der Waals surface area (Å²) in [7, 11) is 0. The van der Waals surface area contributed by atoms with E-state index in [0.717, 1.165) is 12.1 Å². The van der Waals surface area contributed by atoms with Crippen LogP contribution in [0.25, 0.3) is 0 Å². The first-order valence-electron chi connectivity index (χ1n) is 6.56. The molecule has 0 saturated heterocycles. The van der Waals surface area contributed by atoms with Crippen LogP contribution in [0, 0.1) is 0 Å². The number of aromatic hydroxyl groups is 2. The van der Waals surface area contributed by atoms with E-state index in [9.17, 15) is 24.9 Å². The molecule has 21 heavy (non-hydrogen) atoms. The van der Waals surface area contributed by atoms with Crippen LogP contribution >= 0.6 is 0 Å². The fourth-order valence-electron chi connectivity index (χ4n) is 2.95. The summed E-state index contributed by atoms with van der Waals surface area (Å²) in [5.41, 5.74) is -0.201. The third kappa shape index (κ3) is 1.80. The molecular formula is C15H14O6. The van der Waals surface area contributed by atoms with Gasteiger partial charge in [0.15, 0.2) is 11.6 Å². The first-order chi connectivity index (χ1) is 9.82. The number of Topliss-reactive ketones (excluding diaryl/α,β-unsaturated/α-hetero) is 2. The molecule has 6 heteroatoms. The largest absolute Gasteiger partial charge is 0.508 e. The number of rotatable bonds is 0. The van der Waals surface area contributed by atoms with Gasteiger partial charge in [-0.05, 0) is 19.9 Å². The topological polar surface area (TPSA) is 104 Å². The average molecular weight is 290 g/mol. The van der Waals surface area contributed by atoms with E-state index in [0.29, 0.717) is 0 Å². The van der Waals surface area contributed by atoms with E-state index in [2.05, 4.69) is 0 Å². The molecular weight excluding hydrogens is 276 g/mol. The van der Waals surface area contributed by atoms with Gasteiger partial charge in [0.1, 0.15) is 17.6 Å². The van der Waals surface area contributed by atoms with Gasteiger partial charge in [0.25, 0.3) is 0 Å². The summed E-state index contributed by atoms with van der Waals surface area (Å²) in [6, 6.07) is 2.12. The Balaban J connectivity index is 2.29. The molecule has 1 aromatic carbocycles. The van der Waals surface area contributed by atoms with Gasteiger partial charge in [0.2, 0.25) is 0 Å². The zero-order valence-electron chi connectivity index (χ0n) is 11.5. The number of aliphatic hydroxyl groups is 1. The molecule has 0 saturated carbocycles. The van der Waals surface area contributed by atoms with Crippen LogP contribution in [0.3, 0.4) is 0 Å². The number of ketones is 2. The Hall–Kier alpha value is -2.18. The Morgan fingerprint density at radius 2 is 1.71 bits per heavy atom. The van der Waals surface area contributed by atoms with Crippen LogP contribution in [0.1, 0.15) is 34.6 Å². The number of hydrogen-bond donors (Lipinski definition) is 3. The highest BCUT2D eigenvalue weighted by atomic mass is 16.5. The van der Waals surface area contributed by atoms with Crippen molar-refractivity contribution in [2.45, 2.75) is 32.2 Å². The molecule has 0 radical (unpaired) electrons. The number of fused-ring (bicyclic) bond motifs is 1. The second-order valence-corrected chi connectivity index (χ2v) is 5.30. The lowest BCUT2D eigenvalue weighted by atomic mass is 9.77. The second-order valence-electron chi connectivity index (χ2n) is 5.30. The van der Waals surface area contributed by atoms with Crippen molar-refractivity contribution in [3.05, 3.63) is 34.4 Å². The maximum atomic E-state index is 12.6. The quantitative estimate of drug-likeness (QED) is 0.657. The van der Waals surface area contributed by atoms with Crippen LogP contribution in [-0.4, -0.2) is 45.2 Å². The Morgan fingerprint density at radius 1 is 1.05 bits per heavy atom. The molecule has 3 rings (SSSR count). The second kappa shape index (κ2) is 4.41. The van der Waals surface area contributed by atoms with Crippen molar-refractivity contribution >= 4 is 11.6 Å². The Bertz CT molecular complexity index is 702. The summed E-state index contributed by atoms with van der Waals surface area (Å²) < 4.78 is 5.45. The lowest BCUT2D eigenvalue weighted by Gasteiger charge is -2.36. The van der Waals surface area contributed by atoms with E-state index in [1.165, 1.54) is 0 Å².